The van der Waals surface area contributed by atoms with Crippen LogP contribution in [0.2, 0.25) is 0 Å². The lowest BCUT2D eigenvalue weighted by Crippen LogP contribution is -2.64. The van der Waals surface area contributed by atoms with Gasteiger partial charge in [0.15, 0.2) is 12.6 Å². The molecule has 19 heteroatoms. The summed E-state index contributed by atoms with van der Waals surface area (Å²) in [4.78, 5) is 0. The molecular formula is C23H43NO17S. The zero-order chi connectivity index (χ0) is 31.4. The molecule has 0 radical (unpaired) electrons. The first kappa shape index (κ1) is 35.8. The maximum absolute atomic E-state index is 11.1. The Kier molecular flexibility index (Phi) is 13.2. The summed E-state index contributed by atoms with van der Waals surface area (Å²) in [5.41, 5.74) is 0. The third-order valence-corrected chi connectivity index (χ3v) is 8.00. The van der Waals surface area contributed by atoms with Crippen LogP contribution in [0.3, 0.4) is 0 Å². The fraction of sp³-hybridized carbons (Fsp3) is 1.00. The highest BCUT2D eigenvalue weighted by molar-refractivity contribution is 7.88. The SMILES string of the molecule is CC1OC(COC2OC(COCCCNS(C)(=O)=O)C(O)C(O)C2O)C(O)C(OC2OC(CO)C(O)C(O)C2O)C1O. The van der Waals surface area contributed by atoms with Crippen molar-refractivity contribution in [3.63, 3.8) is 0 Å². The van der Waals surface area contributed by atoms with Gasteiger partial charge in [0.05, 0.1) is 32.2 Å². The predicted octanol–water partition coefficient (Wildman–Crippen LogP) is -6.54. The van der Waals surface area contributed by atoms with Gasteiger partial charge in [-0.3, -0.25) is 0 Å². The third kappa shape index (κ3) is 8.95. The number of aliphatic hydroxyl groups excluding tert-OH is 9. The van der Waals surface area contributed by atoms with Crippen LogP contribution in [0, 0.1) is 0 Å². The molecule has 15 unspecified atom stereocenters. The molecule has 10 N–H and O–H groups in total. The van der Waals surface area contributed by atoms with Gasteiger partial charge in [-0.1, -0.05) is 0 Å². The minimum Gasteiger partial charge on any atom is -0.394 e. The maximum atomic E-state index is 11.1. The fourth-order valence-electron chi connectivity index (χ4n) is 4.76. The Morgan fingerprint density at radius 2 is 1.29 bits per heavy atom. The van der Waals surface area contributed by atoms with Crippen LogP contribution in [0.5, 0.6) is 0 Å². The van der Waals surface area contributed by atoms with E-state index >= 15 is 0 Å². The van der Waals surface area contributed by atoms with Gasteiger partial charge in [-0.15, -0.1) is 0 Å². The summed E-state index contributed by atoms with van der Waals surface area (Å²) in [7, 11) is -3.35. The van der Waals surface area contributed by atoms with Crippen LogP contribution in [0.15, 0.2) is 0 Å². The number of hydrogen-bond donors (Lipinski definition) is 10. The molecule has 248 valence electrons. The van der Waals surface area contributed by atoms with Gasteiger partial charge in [-0.25, -0.2) is 13.1 Å². The van der Waals surface area contributed by atoms with Crippen LogP contribution in [-0.2, 0) is 38.4 Å². The average molecular weight is 638 g/mol. The molecule has 3 heterocycles. The van der Waals surface area contributed by atoms with E-state index in [1.807, 2.05) is 0 Å². The quantitative estimate of drug-likeness (QED) is 0.0840. The number of aliphatic hydroxyl groups is 9. The average Bonchev–Trinajstić information content (AvgIpc) is 2.93. The van der Waals surface area contributed by atoms with Crippen molar-refractivity contribution >= 4 is 10.0 Å². The summed E-state index contributed by atoms with van der Waals surface area (Å²) in [6.07, 6.45) is -21.1. The third-order valence-electron chi connectivity index (χ3n) is 7.27. The van der Waals surface area contributed by atoms with E-state index in [-0.39, 0.29) is 19.8 Å². The second-order valence-corrected chi connectivity index (χ2v) is 12.4. The Hall–Kier alpha value is -0.690. The number of rotatable bonds is 13. The number of sulfonamides is 1. The lowest BCUT2D eigenvalue weighted by Gasteiger charge is -2.46. The Bertz CT molecular complexity index is 929. The van der Waals surface area contributed by atoms with Gasteiger partial charge in [0, 0.05) is 13.2 Å². The highest BCUT2D eigenvalue weighted by atomic mass is 32.2. The smallest absolute Gasteiger partial charge is 0.208 e. The van der Waals surface area contributed by atoms with Gasteiger partial charge in [0.1, 0.15) is 73.2 Å². The van der Waals surface area contributed by atoms with Crippen LogP contribution in [0.4, 0.5) is 0 Å². The Labute approximate surface area is 242 Å². The molecule has 0 saturated carbocycles. The molecule has 0 aromatic carbocycles. The van der Waals surface area contributed by atoms with Crippen molar-refractivity contribution in [1.82, 2.24) is 4.72 Å². The maximum Gasteiger partial charge on any atom is 0.208 e. The van der Waals surface area contributed by atoms with Crippen LogP contribution < -0.4 is 4.72 Å². The van der Waals surface area contributed by atoms with E-state index in [1.54, 1.807) is 0 Å². The molecule has 0 bridgehead atoms. The minimum atomic E-state index is -3.35. The van der Waals surface area contributed by atoms with Gasteiger partial charge in [0.25, 0.3) is 0 Å². The summed E-state index contributed by atoms with van der Waals surface area (Å²) >= 11 is 0. The normalized spacial score (nSPS) is 45.2. The summed E-state index contributed by atoms with van der Waals surface area (Å²) < 4.78 is 57.5. The molecule has 3 aliphatic heterocycles. The van der Waals surface area contributed by atoms with Crippen molar-refractivity contribution in [2.75, 3.05) is 39.2 Å². The summed E-state index contributed by atoms with van der Waals surface area (Å²) in [5, 5.41) is 92.1. The first-order valence-electron chi connectivity index (χ1n) is 13.5. The van der Waals surface area contributed by atoms with Crippen molar-refractivity contribution in [3.05, 3.63) is 0 Å². The van der Waals surface area contributed by atoms with E-state index in [0.717, 1.165) is 6.26 Å². The molecule has 0 aromatic heterocycles. The molecule has 0 spiro atoms. The molecule has 0 amide bonds. The van der Waals surface area contributed by atoms with E-state index in [2.05, 4.69) is 4.72 Å². The first-order valence-corrected chi connectivity index (χ1v) is 15.4. The molecule has 0 aromatic rings. The fourth-order valence-corrected chi connectivity index (χ4v) is 5.28. The van der Waals surface area contributed by atoms with Crippen molar-refractivity contribution < 1.29 is 82.8 Å². The van der Waals surface area contributed by atoms with Crippen molar-refractivity contribution in [2.24, 2.45) is 0 Å². The van der Waals surface area contributed by atoms with Crippen LogP contribution >= 0.6 is 0 Å². The van der Waals surface area contributed by atoms with E-state index in [4.69, 9.17) is 28.4 Å². The van der Waals surface area contributed by atoms with Crippen molar-refractivity contribution in [1.29, 1.82) is 0 Å². The molecule has 3 fully saturated rings. The van der Waals surface area contributed by atoms with E-state index < -0.39 is 115 Å². The monoisotopic (exact) mass is 637 g/mol. The molecule has 3 rings (SSSR count). The zero-order valence-electron chi connectivity index (χ0n) is 23.1. The van der Waals surface area contributed by atoms with E-state index in [0.29, 0.717) is 6.42 Å². The first-order chi connectivity index (χ1) is 19.7. The Morgan fingerprint density at radius 1 is 0.714 bits per heavy atom. The van der Waals surface area contributed by atoms with Crippen molar-refractivity contribution in [2.45, 2.75) is 105 Å². The second-order valence-electron chi connectivity index (χ2n) is 10.6. The topological polar surface area (TPSA) is 284 Å². The molecule has 3 saturated heterocycles. The summed E-state index contributed by atoms with van der Waals surface area (Å²) in [6.45, 7) is 0.257. The number of ether oxygens (including phenoxy) is 6. The predicted molar refractivity (Wildman–Crippen MR) is 136 cm³/mol. The van der Waals surface area contributed by atoms with Gasteiger partial charge < -0.3 is 74.4 Å². The van der Waals surface area contributed by atoms with E-state index in [1.165, 1.54) is 6.92 Å². The van der Waals surface area contributed by atoms with E-state index in [9.17, 15) is 54.4 Å². The lowest BCUT2D eigenvalue weighted by atomic mass is 9.94. The molecule has 42 heavy (non-hydrogen) atoms. The lowest BCUT2D eigenvalue weighted by molar-refractivity contribution is -0.346. The van der Waals surface area contributed by atoms with Gasteiger partial charge in [0.2, 0.25) is 10.0 Å². The molecular weight excluding hydrogens is 594 g/mol. The number of nitrogens with one attached hydrogen (secondary N) is 1. The van der Waals surface area contributed by atoms with Crippen LogP contribution in [0.1, 0.15) is 13.3 Å². The van der Waals surface area contributed by atoms with Crippen LogP contribution in [0.25, 0.3) is 0 Å². The largest absolute Gasteiger partial charge is 0.394 e. The standard InChI is InChI=1S/C23H43NO17S/c1-9-13(26)21(41-23-20(33)17(30)14(27)10(6-25)39-23)16(29)12(38-9)8-37-22-19(32)18(31)15(28)11(40-22)7-36-5-3-4-24-42(2,34)35/h9-33H,3-8H2,1-2H3. The second kappa shape index (κ2) is 15.5. The Morgan fingerprint density at radius 3 is 1.90 bits per heavy atom. The highest BCUT2D eigenvalue weighted by Crippen LogP contribution is 2.30. The highest BCUT2D eigenvalue weighted by Gasteiger charge is 2.51. The summed E-state index contributed by atoms with van der Waals surface area (Å²) in [5.74, 6) is 0. The zero-order valence-corrected chi connectivity index (χ0v) is 23.9. The minimum absolute atomic E-state index is 0.0947. The summed E-state index contributed by atoms with van der Waals surface area (Å²) in [6, 6.07) is 0. The van der Waals surface area contributed by atoms with Gasteiger partial charge in [-0.2, -0.15) is 0 Å². The molecule has 18 nitrogen and oxygen atoms in total. The van der Waals surface area contributed by atoms with Gasteiger partial charge >= 0.3 is 0 Å². The molecule has 3 aliphatic rings. The molecule has 0 aliphatic carbocycles. The van der Waals surface area contributed by atoms with Crippen LogP contribution in [-0.4, -0.2) is 186 Å². The number of hydrogen-bond acceptors (Lipinski definition) is 17. The van der Waals surface area contributed by atoms with Gasteiger partial charge in [-0.05, 0) is 13.3 Å². The molecule has 15 atom stereocenters. The Balaban J connectivity index is 1.56. The van der Waals surface area contributed by atoms with Crippen molar-refractivity contribution in [3.8, 4) is 0 Å².